The van der Waals surface area contributed by atoms with Gasteiger partial charge in [0.15, 0.2) is 0 Å². The Morgan fingerprint density at radius 2 is 1.39 bits per heavy atom. The summed E-state index contributed by atoms with van der Waals surface area (Å²) >= 11 is 0. The van der Waals surface area contributed by atoms with Gasteiger partial charge in [-0.25, -0.2) is 4.79 Å². The van der Waals surface area contributed by atoms with E-state index in [-0.39, 0.29) is 12.8 Å². The molecule has 1 rings (SSSR count). The summed E-state index contributed by atoms with van der Waals surface area (Å²) < 4.78 is 0. The Kier molecular flexibility index (Phi) is 12.6. The minimum absolute atomic E-state index is 0.0375. The smallest absolute Gasteiger partial charge is 0.328 e. The number of aliphatic hydroxyl groups excluding tert-OH is 2. The molecule has 0 heterocycles. The van der Waals surface area contributed by atoms with E-state index in [1.165, 1.54) is 0 Å². The van der Waals surface area contributed by atoms with Crippen LogP contribution in [0.4, 0.5) is 0 Å². The number of carbonyl (C=O) groups is 4. The van der Waals surface area contributed by atoms with E-state index in [1.807, 2.05) is 0 Å². The van der Waals surface area contributed by atoms with Crippen LogP contribution in [-0.4, -0.2) is 82.9 Å². The van der Waals surface area contributed by atoms with Crippen molar-refractivity contribution in [2.75, 3.05) is 19.8 Å². The molecule has 12 heteroatoms. The van der Waals surface area contributed by atoms with Gasteiger partial charge in [0.1, 0.15) is 24.2 Å². The van der Waals surface area contributed by atoms with E-state index >= 15 is 0 Å². The van der Waals surface area contributed by atoms with Crippen molar-refractivity contribution in [3.05, 3.63) is 35.9 Å². The quantitative estimate of drug-likeness (QED) is 0.125. The molecule has 0 saturated heterocycles. The van der Waals surface area contributed by atoms with Crippen LogP contribution in [0.1, 0.15) is 24.8 Å². The number of aliphatic carboxylic acids is 1. The number of carboxylic acid groups (broad SMARTS) is 1. The third-order valence-electron chi connectivity index (χ3n) is 4.83. The van der Waals surface area contributed by atoms with Crippen LogP contribution in [0.25, 0.3) is 0 Å². The lowest BCUT2D eigenvalue weighted by Crippen LogP contribution is -2.58. The number of hydrogen-bond acceptors (Lipinski definition) is 8. The van der Waals surface area contributed by atoms with Gasteiger partial charge in [0, 0.05) is 6.42 Å². The summed E-state index contributed by atoms with van der Waals surface area (Å²) in [6.45, 7) is -1.06. The molecule has 10 N–H and O–H groups in total. The summed E-state index contributed by atoms with van der Waals surface area (Å²) in [7, 11) is 0. The summed E-state index contributed by atoms with van der Waals surface area (Å²) in [5.41, 5.74) is 11.7. The van der Waals surface area contributed by atoms with Crippen LogP contribution in [0.2, 0.25) is 0 Å². The van der Waals surface area contributed by atoms with Gasteiger partial charge >= 0.3 is 5.97 Å². The topological polar surface area (TPSA) is 217 Å². The highest BCUT2D eigenvalue weighted by Crippen LogP contribution is 2.07. The molecule has 0 aromatic heterocycles. The van der Waals surface area contributed by atoms with Crippen molar-refractivity contribution in [2.24, 2.45) is 11.5 Å². The van der Waals surface area contributed by atoms with Crippen molar-refractivity contribution < 1.29 is 34.5 Å². The minimum atomic E-state index is -1.55. The molecule has 1 aromatic rings. The van der Waals surface area contributed by atoms with Gasteiger partial charge in [-0.3, -0.25) is 14.4 Å². The molecule has 33 heavy (non-hydrogen) atoms. The summed E-state index contributed by atoms with van der Waals surface area (Å²) in [5.74, 6) is -3.66. The Hall–Kier alpha value is -3.06. The average Bonchev–Trinajstić information content (AvgIpc) is 2.80. The molecule has 1 aromatic carbocycles. The van der Waals surface area contributed by atoms with E-state index in [4.69, 9.17) is 21.7 Å². The van der Waals surface area contributed by atoms with E-state index < -0.39 is 61.1 Å². The number of rotatable bonds is 15. The molecule has 0 spiro atoms. The Morgan fingerprint density at radius 3 is 1.94 bits per heavy atom. The highest BCUT2D eigenvalue weighted by atomic mass is 16.4. The normalized spacial score (nSPS) is 14.4. The number of nitrogens with two attached hydrogens (primary N) is 2. The molecule has 4 unspecified atom stereocenters. The van der Waals surface area contributed by atoms with Crippen molar-refractivity contribution in [3.8, 4) is 0 Å². The summed E-state index contributed by atoms with van der Waals surface area (Å²) in [5, 5.41) is 34.6. The van der Waals surface area contributed by atoms with Crippen molar-refractivity contribution in [1.29, 1.82) is 0 Å². The van der Waals surface area contributed by atoms with Crippen LogP contribution < -0.4 is 27.4 Å². The van der Waals surface area contributed by atoms with E-state index in [1.54, 1.807) is 30.3 Å². The predicted molar refractivity (Wildman–Crippen MR) is 119 cm³/mol. The molecule has 4 atom stereocenters. The van der Waals surface area contributed by atoms with E-state index in [0.717, 1.165) is 0 Å². The molecule has 0 radical (unpaired) electrons. The number of nitrogens with one attached hydrogen (secondary N) is 3. The number of hydrogen-bond donors (Lipinski definition) is 8. The van der Waals surface area contributed by atoms with Crippen LogP contribution in [0.15, 0.2) is 30.3 Å². The van der Waals surface area contributed by atoms with Crippen LogP contribution in [0, 0.1) is 0 Å². The van der Waals surface area contributed by atoms with E-state index in [0.29, 0.717) is 24.9 Å². The molecule has 0 saturated carbocycles. The molecular weight excluding hydrogens is 434 g/mol. The zero-order valence-corrected chi connectivity index (χ0v) is 18.3. The first-order valence-electron chi connectivity index (χ1n) is 10.6. The maximum atomic E-state index is 13.0. The van der Waals surface area contributed by atoms with Gasteiger partial charge in [-0.05, 0) is 31.4 Å². The molecule has 184 valence electrons. The van der Waals surface area contributed by atoms with E-state index in [2.05, 4.69) is 16.0 Å². The molecular formula is C21H33N5O7. The molecule has 0 aliphatic carbocycles. The average molecular weight is 468 g/mol. The first-order valence-corrected chi connectivity index (χ1v) is 10.6. The van der Waals surface area contributed by atoms with Gasteiger partial charge in [0.25, 0.3) is 0 Å². The lowest BCUT2D eigenvalue weighted by molar-refractivity contribution is -0.143. The Bertz CT molecular complexity index is 778. The van der Waals surface area contributed by atoms with Crippen molar-refractivity contribution in [2.45, 2.75) is 49.9 Å². The molecule has 3 amide bonds. The standard InChI is InChI=1S/C21H33N5O7/c22-9-5-4-8-15(24-18(29)14(23)11-27)19(30)25-16(10-13-6-2-1-3-7-13)20(31)26-17(12-28)21(32)33/h1-3,6-7,14-17,27-28H,4-5,8-12,22-23H2,(H,24,29)(H,25,30)(H,26,31)(H,32,33). The molecule has 0 bridgehead atoms. The number of unbranched alkanes of at least 4 members (excludes halogenated alkanes) is 1. The maximum absolute atomic E-state index is 13.0. The zero-order chi connectivity index (χ0) is 24.8. The van der Waals surface area contributed by atoms with Gasteiger partial charge in [-0.2, -0.15) is 0 Å². The Balaban J connectivity index is 3.05. The van der Waals surface area contributed by atoms with Crippen molar-refractivity contribution in [3.63, 3.8) is 0 Å². The fourth-order valence-electron chi connectivity index (χ4n) is 2.91. The largest absolute Gasteiger partial charge is 0.480 e. The number of aliphatic hydroxyl groups is 2. The summed E-state index contributed by atoms with van der Waals surface area (Å²) in [6, 6.07) is 3.71. The lowest BCUT2D eigenvalue weighted by atomic mass is 10.0. The van der Waals surface area contributed by atoms with Crippen molar-refractivity contribution in [1.82, 2.24) is 16.0 Å². The summed E-state index contributed by atoms with van der Waals surface area (Å²) in [4.78, 5) is 49.0. The van der Waals surface area contributed by atoms with Crippen LogP contribution in [0.5, 0.6) is 0 Å². The zero-order valence-electron chi connectivity index (χ0n) is 18.3. The third kappa shape index (κ3) is 9.95. The highest BCUT2D eigenvalue weighted by molar-refractivity contribution is 5.94. The number of carbonyl (C=O) groups excluding carboxylic acids is 3. The van der Waals surface area contributed by atoms with Crippen LogP contribution in [0.3, 0.4) is 0 Å². The summed E-state index contributed by atoms with van der Waals surface area (Å²) in [6.07, 6.45) is 1.34. The molecule has 12 nitrogen and oxygen atoms in total. The molecule has 0 fully saturated rings. The second kappa shape index (κ2) is 14.9. The second-order valence-corrected chi connectivity index (χ2v) is 7.47. The van der Waals surface area contributed by atoms with Gasteiger partial charge in [0.05, 0.1) is 13.2 Å². The van der Waals surface area contributed by atoms with Crippen molar-refractivity contribution >= 4 is 23.7 Å². The third-order valence-corrected chi connectivity index (χ3v) is 4.83. The predicted octanol–water partition coefficient (Wildman–Crippen LogP) is -2.79. The van der Waals surface area contributed by atoms with Crippen LogP contribution >= 0.6 is 0 Å². The first-order chi connectivity index (χ1) is 15.7. The molecule has 0 aliphatic heterocycles. The van der Waals surface area contributed by atoms with Gasteiger partial charge < -0.3 is 42.7 Å². The highest BCUT2D eigenvalue weighted by Gasteiger charge is 2.30. The minimum Gasteiger partial charge on any atom is -0.480 e. The maximum Gasteiger partial charge on any atom is 0.328 e. The van der Waals surface area contributed by atoms with Gasteiger partial charge in [0.2, 0.25) is 17.7 Å². The van der Waals surface area contributed by atoms with Crippen LogP contribution in [-0.2, 0) is 25.6 Å². The fraction of sp³-hybridized carbons (Fsp3) is 0.524. The SMILES string of the molecule is NCCCCC(NC(=O)C(N)CO)C(=O)NC(Cc1ccccc1)C(=O)NC(CO)C(=O)O. The molecule has 0 aliphatic rings. The number of amides is 3. The Morgan fingerprint density at radius 1 is 0.818 bits per heavy atom. The fourth-order valence-corrected chi connectivity index (χ4v) is 2.91. The first kappa shape index (κ1) is 28.0. The Labute approximate surface area is 191 Å². The van der Waals surface area contributed by atoms with Gasteiger partial charge in [-0.1, -0.05) is 30.3 Å². The van der Waals surface area contributed by atoms with E-state index in [9.17, 15) is 24.3 Å². The number of carboxylic acids is 1. The van der Waals surface area contributed by atoms with Gasteiger partial charge in [-0.15, -0.1) is 0 Å². The lowest BCUT2D eigenvalue weighted by Gasteiger charge is -2.25. The monoisotopic (exact) mass is 467 g/mol. The second-order valence-electron chi connectivity index (χ2n) is 7.47. The number of benzene rings is 1.